The molecule has 0 aromatic heterocycles. The van der Waals surface area contributed by atoms with E-state index in [0.29, 0.717) is 11.4 Å². The fourth-order valence-corrected chi connectivity index (χ4v) is 5.38. The topological polar surface area (TPSA) is 53.9 Å². The predicted molar refractivity (Wildman–Crippen MR) is 147 cm³/mol. The van der Waals surface area contributed by atoms with Crippen molar-refractivity contribution in [2.75, 3.05) is 38.1 Å². The van der Waals surface area contributed by atoms with Crippen LogP contribution >= 0.6 is 27.7 Å². The number of carbonyl (C=O) groups is 2. The van der Waals surface area contributed by atoms with Gasteiger partial charge in [0.05, 0.1) is 37.3 Å². The van der Waals surface area contributed by atoms with E-state index in [9.17, 15) is 9.59 Å². The lowest BCUT2D eigenvalue weighted by atomic mass is 10.1. The molecular weight excluding hydrogens is 522 g/mol. The smallest absolute Gasteiger partial charge is 0.265 e. The summed E-state index contributed by atoms with van der Waals surface area (Å²) in [5.41, 5.74) is 3.03. The van der Waals surface area contributed by atoms with Gasteiger partial charge in [0.1, 0.15) is 6.54 Å². The number of benzene rings is 3. The highest BCUT2D eigenvalue weighted by Gasteiger charge is 2.30. The number of nitrogens with zero attached hydrogens (tertiary/aromatic N) is 1. The van der Waals surface area contributed by atoms with Gasteiger partial charge in [-0.25, -0.2) is 0 Å². The molecule has 0 saturated carbocycles. The zero-order chi connectivity index (χ0) is 24.6. The molecule has 2 N–H and O–H groups in total. The van der Waals surface area contributed by atoms with Crippen molar-refractivity contribution < 1.29 is 14.5 Å². The van der Waals surface area contributed by atoms with Gasteiger partial charge in [0.2, 0.25) is 5.91 Å². The number of nitrogens with one attached hydrogen (secondary N) is 2. The van der Waals surface area contributed by atoms with Crippen molar-refractivity contribution in [3.05, 3.63) is 99.4 Å². The molecule has 0 bridgehead atoms. The van der Waals surface area contributed by atoms with Crippen molar-refractivity contribution in [3.63, 3.8) is 0 Å². The molecule has 0 radical (unpaired) electrons. The van der Waals surface area contributed by atoms with Gasteiger partial charge in [0, 0.05) is 15.8 Å². The van der Waals surface area contributed by atoms with Crippen LogP contribution in [0.3, 0.4) is 0 Å². The summed E-state index contributed by atoms with van der Waals surface area (Å²) in [4.78, 5) is 30.6. The zero-order valence-electron chi connectivity index (χ0n) is 19.7. The lowest BCUT2D eigenvalue weighted by molar-refractivity contribution is -0.878. The van der Waals surface area contributed by atoms with E-state index in [4.69, 9.17) is 0 Å². The van der Waals surface area contributed by atoms with E-state index in [0.717, 1.165) is 40.1 Å². The molecule has 3 aromatic carbocycles. The van der Waals surface area contributed by atoms with Gasteiger partial charge in [0.15, 0.2) is 0 Å². The van der Waals surface area contributed by atoms with Gasteiger partial charge in [-0.2, -0.15) is 0 Å². The number of quaternary nitrogens is 1. The molecule has 35 heavy (non-hydrogen) atoms. The van der Waals surface area contributed by atoms with E-state index in [1.54, 1.807) is 4.90 Å². The van der Waals surface area contributed by atoms with Gasteiger partial charge >= 0.3 is 0 Å². The van der Waals surface area contributed by atoms with Gasteiger partial charge in [-0.05, 0) is 41.5 Å². The fourth-order valence-electron chi connectivity index (χ4n) is 3.91. The highest BCUT2D eigenvalue weighted by Crippen LogP contribution is 2.41. The molecule has 1 aliphatic rings. The maximum atomic E-state index is 13.4. The lowest BCUT2D eigenvalue weighted by Crippen LogP contribution is -3.10. The van der Waals surface area contributed by atoms with Gasteiger partial charge in [0.25, 0.3) is 5.91 Å². The number of hydrogen-bond acceptors (Lipinski definition) is 3. The third-order valence-electron chi connectivity index (χ3n) is 5.84. The second-order valence-corrected chi connectivity index (χ2v) is 10.6. The minimum atomic E-state index is -0.158. The molecular formula is C28H29BrN3O2S+. The Kier molecular flexibility index (Phi) is 8.79. The lowest BCUT2D eigenvalue weighted by Gasteiger charge is -2.29. The number of hydrogen-bond donors (Lipinski definition) is 2. The van der Waals surface area contributed by atoms with Crippen molar-refractivity contribution >= 4 is 51.3 Å². The second-order valence-electron chi connectivity index (χ2n) is 8.57. The minimum Gasteiger partial charge on any atom is -0.349 e. The number of carbonyl (C=O) groups excluding carboxylic acids is 2. The van der Waals surface area contributed by atoms with Crippen LogP contribution in [0.2, 0.25) is 0 Å². The normalized spacial score (nSPS) is 15.1. The summed E-state index contributed by atoms with van der Waals surface area (Å²) >= 11 is 4.92. The van der Waals surface area contributed by atoms with Crippen molar-refractivity contribution in [2.24, 2.45) is 0 Å². The molecule has 1 heterocycles. The first-order valence-electron chi connectivity index (χ1n) is 11.7. The minimum absolute atomic E-state index is 0.00467. The molecule has 4 rings (SSSR count). The highest BCUT2D eigenvalue weighted by atomic mass is 79.9. The first-order valence-corrected chi connectivity index (χ1v) is 13.3. The zero-order valence-corrected chi connectivity index (χ0v) is 22.1. The van der Waals surface area contributed by atoms with Crippen LogP contribution in [0.5, 0.6) is 0 Å². The maximum absolute atomic E-state index is 13.4. The molecule has 0 spiro atoms. The SMILES string of the molecule is C[NH+](CCNC(=O)CN1C(=O)C(=Cc2cccc(Br)c2)Sc2ccccc21)CCc1ccccc1. The summed E-state index contributed by atoms with van der Waals surface area (Å²) < 4.78 is 0.951. The Hall–Kier alpha value is -2.87. The number of amides is 2. The third kappa shape index (κ3) is 7.07. The Bertz CT molecular complexity index is 1220. The summed E-state index contributed by atoms with van der Waals surface area (Å²) in [7, 11) is 2.13. The first kappa shape index (κ1) is 25.2. The van der Waals surface area contributed by atoms with Crippen molar-refractivity contribution in [1.29, 1.82) is 0 Å². The molecule has 0 fully saturated rings. The summed E-state index contributed by atoms with van der Waals surface area (Å²) in [5.74, 6) is -0.313. The van der Waals surface area contributed by atoms with Crippen LogP contribution in [0.4, 0.5) is 5.69 Å². The molecule has 1 atom stereocenters. The third-order valence-corrected chi connectivity index (χ3v) is 7.41. The molecule has 5 nitrogen and oxygen atoms in total. The number of thioether (sulfide) groups is 1. The Labute approximate surface area is 219 Å². The van der Waals surface area contributed by atoms with Gasteiger partial charge in [-0.3, -0.25) is 14.5 Å². The number of anilines is 1. The van der Waals surface area contributed by atoms with Gasteiger partial charge in [-0.1, -0.05) is 82.3 Å². The Morgan fingerprint density at radius 2 is 1.80 bits per heavy atom. The van der Waals surface area contributed by atoms with Crippen LogP contribution < -0.4 is 15.1 Å². The van der Waals surface area contributed by atoms with Crippen molar-refractivity contribution in [2.45, 2.75) is 11.3 Å². The van der Waals surface area contributed by atoms with E-state index in [1.165, 1.54) is 22.2 Å². The summed E-state index contributed by atoms with van der Waals surface area (Å²) in [6.07, 6.45) is 2.88. The Balaban J connectivity index is 1.36. The Morgan fingerprint density at radius 1 is 1.03 bits per heavy atom. The maximum Gasteiger partial charge on any atom is 0.265 e. The molecule has 180 valence electrons. The van der Waals surface area contributed by atoms with Crippen LogP contribution in [0.15, 0.2) is 93.1 Å². The number of halogens is 1. The van der Waals surface area contributed by atoms with Crippen LogP contribution in [0, 0.1) is 0 Å². The molecule has 3 aromatic rings. The summed E-state index contributed by atoms with van der Waals surface area (Å²) in [6.45, 7) is 2.39. The van der Waals surface area contributed by atoms with Crippen molar-refractivity contribution in [3.8, 4) is 0 Å². The number of likely N-dealkylation sites (N-methyl/N-ethyl adjacent to an activating group) is 1. The average Bonchev–Trinajstić information content (AvgIpc) is 2.86. The highest BCUT2D eigenvalue weighted by molar-refractivity contribution is 9.10. The standard InChI is InChI=1S/C28H28BrN3O2S/c1-31(16-14-21-8-3-2-4-9-21)17-15-30-27(33)20-32-24-12-5-6-13-25(24)35-26(28(32)34)19-22-10-7-11-23(29)18-22/h2-13,18-19H,14-17,20H2,1H3,(H,30,33)/p+1. The fraction of sp³-hybridized carbons (Fsp3) is 0.214. The molecule has 1 unspecified atom stereocenters. The molecule has 2 amide bonds. The van der Waals surface area contributed by atoms with Crippen molar-refractivity contribution in [1.82, 2.24) is 5.32 Å². The van der Waals surface area contributed by atoms with E-state index < -0.39 is 0 Å². The number of para-hydroxylation sites is 1. The Morgan fingerprint density at radius 3 is 2.60 bits per heavy atom. The second kappa shape index (κ2) is 12.2. The summed E-state index contributed by atoms with van der Waals surface area (Å²) in [5, 5.41) is 3.00. The molecule has 1 aliphatic heterocycles. The van der Waals surface area contributed by atoms with Crippen LogP contribution in [-0.4, -0.2) is 45.0 Å². The first-order chi connectivity index (χ1) is 17.0. The van der Waals surface area contributed by atoms with E-state index in [-0.39, 0.29) is 18.4 Å². The largest absolute Gasteiger partial charge is 0.349 e. The molecule has 0 aliphatic carbocycles. The van der Waals surface area contributed by atoms with E-state index in [1.807, 2.05) is 60.7 Å². The predicted octanol–water partition coefficient (Wildman–Crippen LogP) is 3.80. The van der Waals surface area contributed by atoms with Crippen LogP contribution in [0.1, 0.15) is 11.1 Å². The van der Waals surface area contributed by atoms with Crippen LogP contribution in [-0.2, 0) is 16.0 Å². The number of fused-ring (bicyclic) bond motifs is 1. The average molecular weight is 552 g/mol. The molecule has 7 heteroatoms. The monoisotopic (exact) mass is 550 g/mol. The quantitative estimate of drug-likeness (QED) is 0.398. The summed E-state index contributed by atoms with van der Waals surface area (Å²) in [6, 6.07) is 26.0. The molecule has 0 saturated heterocycles. The van der Waals surface area contributed by atoms with Gasteiger partial charge in [-0.15, -0.1) is 0 Å². The van der Waals surface area contributed by atoms with E-state index >= 15 is 0 Å². The van der Waals surface area contributed by atoms with Gasteiger partial charge < -0.3 is 10.2 Å². The number of rotatable bonds is 9. The van der Waals surface area contributed by atoms with E-state index in [2.05, 4.69) is 52.6 Å². The van der Waals surface area contributed by atoms with Crippen LogP contribution in [0.25, 0.3) is 6.08 Å².